The fraction of sp³-hybridized carbons (Fsp3) is 1.00. The predicted octanol–water partition coefficient (Wildman–Crippen LogP) is 1.09. The summed E-state index contributed by atoms with van der Waals surface area (Å²) in [5.74, 6) is 1.63. The highest BCUT2D eigenvalue weighted by Gasteiger charge is 2.24. The van der Waals surface area contributed by atoms with E-state index in [-0.39, 0.29) is 6.10 Å². The first-order valence-corrected chi connectivity index (χ1v) is 7.85. The molecule has 2 aliphatic rings. The van der Waals surface area contributed by atoms with Crippen molar-refractivity contribution in [2.75, 3.05) is 39.4 Å². The Kier molecular flexibility index (Phi) is 6.07. The van der Waals surface area contributed by atoms with Gasteiger partial charge in [-0.3, -0.25) is 4.90 Å². The number of hydrogen-bond acceptors (Lipinski definition) is 4. The zero-order valence-corrected chi connectivity index (χ0v) is 12.5. The van der Waals surface area contributed by atoms with E-state index in [1.165, 1.54) is 19.3 Å². The lowest BCUT2D eigenvalue weighted by molar-refractivity contribution is 0.0139. The Hall–Kier alpha value is -0.160. The summed E-state index contributed by atoms with van der Waals surface area (Å²) in [5.41, 5.74) is 0. The standard InChI is InChI=1S/C15H30N2O2/c1-12-7-13(2)9-14(8-12)16-10-15(18)11-17-3-5-19-6-4-17/h12-16,18H,3-11H2,1-2H3. The van der Waals surface area contributed by atoms with Crippen molar-refractivity contribution >= 4 is 0 Å². The van der Waals surface area contributed by atoms with Crippen LogP contribution in [0.3, 0.4) is 0 Å². The molecule has 4 heteroatoms. The van der Waals surface area contributed by atoms with Gasteiger partial charge in [0, 0.05) is 32.2 Å². The summed E-state index contributed by atoms with van der Waals surface area (Å²) in [7, 11) is 0. The predicted molar refractivity (Wildman–Crippen MR) is 77.2 cm³/mol. The topological polar surface area (TPSA) is 44.7 Å². The molecule has 1 saturated carbocycles. The van der Waals surface area contributed by atoms with Crippen molar-refractivity contribution in [3.05, 3.63) is 0 Å². The molecule has 19 heavy (non-hydrogen) atoms. The molecular formula is C15H30N2O2. The number of aliphatic hydroxyl groups excluding tert-OH is 1. The van der Waals surface area contributed by atoms with Gasteiger partial charge in [0.1, 0.15) is 0 Å². The summed E-state index contributed by atoms with van der Waals surface area (Å²) in [6.07, 6.45) is 3.61. The Bertz CT molecular complexity index is 247. The van der Waals surface area contributed by atoms with Gasteiger partial charge in [-0.15, -0.1) is 0 Å². The average molecular weight is 270 g/mol. The highest BCUT2D eigenvalue weighted by molar-refractivity contribution is 4.81. The van der Waals surface area contributed by atoms with Crippen LogP contribution in [0.1, 0.15) is 33.1 Å². The lowest BCUT2D eigenvalue weighted by Crippen LogP contribution is -2.46. The molecule has 0 aromatic heterocycles. The van der Waals surface area contributed by atoms with Gasteiger partial charge in [0.15, 0.2) is 0 Å². The highest BCUT2D eigenvalue weighted by atomic mass is 16.5. The van der Waals surface area contributed by atoms with Gasteiger partial charge in [-0.1, -0.05) is 13.8 Å². The van der Waals surface area contributed by atoms with Gasteiger partial charge in [-0.05, 0) is 31.1 Å². The van der Waals surface area contributed by atoms with Gasteiger partial charge in [0.2, 0.25) is 0 Å². The number of β-amino-alcohol motifs (C(OH)–C–C–N with tert-alkyl or cyclic N) is 1. The third kappa shape index (κ3) is 5.38. The number of nitrogens with zero attached hydrogens (tertiary/aromatic N) is 1. The Morgan fingerprint density at radius 2 is 1.79 bits per heavy atom. The number of ether oxygens (including phenoxy) is 1. The van der Waals surface area contributed by atoms with Gasteiger partial charge in [0.25, 0.3) is 0 Å². The van der Waals surface area contributed by atoms with Gasteiger partial charge in [0.05, 0.1) is 19.3 Å². The largest absolute Gasteiger partial charge is 0.390 e. The van der Waals surface area contributed by atoms with E-state index in [0.717, 1.165) is 51.2 Å². The van der Waals surface area contributed by atoms with E-state index >= 15 is 0 Å². The van der Waals surface area contributed by atoms with Crippen LogP contribution in [0.2, 0.25) is 0 Å². The molecule has 2 fully saturated rings. The zero-order chi connectivity index (χ0) is 13.7. The van der Waals surface area contributed by atoms with Gasteiger partial charge in [-0.2, -0.15) is 0 Å². The minimum absolute atomic E-state index is 0.259. The number of nitrogens with one attached hydrogen (secondary N) is 1. The number of rotatable bonds is 5. The van der Waals surface area contributed by atoms with Crippen LogP contribution >= 0.6 is 0 Å². The summed E-state index contributed by atoms with van der Waals surface area (Å²) in [4.78, 5) is 2.29. The van der Waals surface area contributed by atoms with Crippen molar-refractivity contribution in [1.29, 1.82) is 0 Å². The maximum absolute atomic E-state index is 10.1. The van der Waals surface area contributed by atoms with Crippen LogP contribution in [-0.4, -0.2) is 61.5 Å². The Morgan fingerprint density at radius 3 is 2.42 bits per heavy atom. The van der Waals surface area contributed by atoms with Crippen LogP contribution in [0.25, 0.3) is 0 Å². The molecule has 0 radical (unpaired) electrons. The Balaban J connectivity index is 1.63. The molecular weight excluding hydrogens is 240 g/mol. The lowest BCUT2D eigenvalue weighted by atomic mass is 9.80. The van der Waals surface area contributed by atoms with E-state index in [2.05, 4.69) is 24.1 Å². The van der Waals surface area contributed by atoms with Gasteiger partial charge >= 0.3 is 0 Å². The maximum atomic E-state index is 10.1. The van der Waals surface area contributed by atoms with Crippen LogP contribution in [0, 0.1) is 11.8 Å². The second-order valence-corrected chi connectivity index (χ2v) is 6.59. The monoisotopic (exact) mass is 270 g/mol. The quantitative estimate of drug-likeness (QED) is 0.785. The normalized spacial score (nSPS) is 35.2. The summed E-state index contributed by atoms with van der Waals surface area (Å²) < 4.78 is 5.32. The molecule has 0 bridgehead atoms. The smallest absolute Gasteiger partial charge is 0.0791 e. The van der Waals surface area contributed by atoms with Crippen LogP contribution < -0.4 is 5.32 Å². The molecule has 1 aliphatic carbocycles. The van der Waals surface area contributed by atoms with Crippen LogP contribution in [0.5, 0.6) is 0 Å². The molecule has 0 spiro atoms. The number of morpholine rings is 1. The molecule has 112 valence electrons. The van der Waals surface area contributed by atoms with Crippen molar-refractivity contribution in [3.63, 3.8) is 0 Å². The third-order valence-corrected chi connectivity index (χ3v) is 4.39. The van der Waals surface area contributed by atoms with E-state index in [0.29, 0.717) is 6.04 Å². The van der Waals surface area contributed by atoms with Crippen LogP contribution in [0.4, 0.5) is 0 Å². The van der Waals surface area contributed by atoms with E-state index < -0.39 is 0 Å². The van der Waals surface area contributed by atoms with E-state index in [4.69, 9.17) is 4.74 Å². The van der Waals surface area contributed by atoms with Crippen LogP contribution in [0.15, 0.2) is 0 Å². The van der Waals surface area contributed by atoms with Crippen molar-refractivity contribution in [3.8, 4) is 0 Å². The SMILES string of the molecule is CC1CC(C)CC(NCC(O)CN2CCOCC2)C1. The molecule has 1 aliphatic heterocycles. The lowest BCUT2D eigenvalue weighted by Gasteiger charge is -2.33. The summed E-state index contributed by atoms with van der Waals surface area (Å²) in [6, 6.07) is 0.595. The molecule has 2 rings (SSSR count). The molecule has 4 nitrogen and oxygen atoms in total. The van der Waals surface area contributed by atoms with Crippen molar-refractivity contribution < 1.29 is 9.84 Å². The van der Waals surface area contributed by atoms with Crippen molar-refractivity contribution in [2.24, 2.45) is 11.8 Å². The molecule has 2 N–H and O–H groups in total. The maximum Gasteiger partial charge on any atom is 0.0791 e. The van der Waals surface area contributed by atoms with E-state index in [1.54, 1.807) is 0 Å². The van der Waals surface area contributed by atoms with E-state index in [1.807, 2.05) is 0 Å². The molecule has 0 aromatic carbocycles. The van der Waals surface area contributed by atoms with E-state index in [9.17, 15) is 5.11 Å². The second-order valence-electron chi connectivity index (χ2n) is 6.59. The second kappa shape index (κ2) is 7.58. The third-order valence-electron chi connectivity index (χ3n) is 4.39. The summed E-state index contributed by atoms with van der Waals surface area (Å²) >= 11 is 0. The minimum Gasteiger partial charge on any atom is -0.390 e. The summed E-state index contributed by atoms with van der Waals surface area (Å²) in [5, 5.41) is 13.7. The average Bonchev–Trinajstić information content (AvgIpc) is 2.36. The first kappa shape index (κ1) is 15.2. The zero-order valence-electron chi connectivity index (χ0n) is 12.5. The molecule has 3 unspecified atom stereocenters. The van der Waals surface area contributed by atoms with Crippen molar-refractivity contribution in [2.45, 2.75) is 45.3 Å². The Morgan fingerprint density at radius 1 is 1.16 bits per heavy atom. The minimum atomic E-state index is -0.259. The first-order chi connectivity index (χ1) is 9.13. The molecule has 3 atom stereocenters. The highest BCUT2D eigenvalue weighted by Crippen LogP contribution is 2.28. The molecule has 1 heterocycles. The van der Waals surface area contributed by atoms with Crippen molar-refractivity contribution in [1.82, 2.24) is 10.2 Å². The summed E-state index contributed by atoms with van der Waals surface area (Å²) in [6.45, 7) is 9.69. The number of aliphatic hydroxyl groups is 1. The van der Waals surface area contributed by atoms with Gasteiger partial charge in [-0.25, -0.2) is 0 Å². The van der Waals surface area contributed by atoms with Gasteiger partial charge < -0.3 is 15.2 Å². The molecule has 0 amide bonds. The fourth-order valence-corrected chi connectivity index (χ4v) is 3.56. The molecule has 0 aromatic rings. The fourth-order valence-electron chi connectivity index (χ4n) is 3.56. The molecule has 1 saturated heterocycles. The first-order valence-electron chi connectivity index (χ1n) is 7.85. The Labute approximate surface area is 117 Å². The van der Waals surface area contributed by atoms with Crippen LogP contribution in [-0.2, 0) is 4.74 Å². The number of hydrogen-bond donors (Lipinski definition) is 2.